The van der Waals surface area contributed by atoms with Crippen LogP contribution in [0.1, 0.15) is 25.6 Å². The van der Waals surface area contributed by atoms with Crippen molar-refractivity contribution in [2.45, 2.75) is 32.7 Å². The summed E-state index contributed by atoms with van der Waals surface area (Å²) in [6, 6.07) is 3.80. The van der Waals surface area contributed by atoms with Crippen LogP contribution in [-0.2, 0) is 11.2 Å². The van der Waals surface area contributed by atoms with Gasteiger partial charge in [-0.05, 0) is 38.6 Å². The van der Waals surface area contributed by atoms with E-state index in [9.17, 15) is 9.59 Å². The van der Waals surface area contributed by atoms with Gasteiger partial charge < -0.3 is 15.5 Å². The number of nitrogens with one attached hydrogen (secondary N) is 2. The number of rotatable bonds is 5. The van der Waals surface area contributed by atoms with Crippen LogP contribution in [0.4, 0.5) is 4.79 Å². The summed E-state index contributed by atoms with van der Waals surface area (Å²) in [6.07, 6.45) is 0.811. The van der Waals surface area contributed by atoms with Crippen molar-refractivity contribution in [1.82, 2.24) is 15.5 Å². The fraction of sp³-hybridized carbons (Fsp3) is 0.571. The molecule has 5 nitrogen and oxygen atoms in total. The Morgan fingerprint density at radius 2 is 2.05 bits per heavy atom. The fourth-order valence-electron chi connectivity index (χ4n) is 1.63. The second kappa shape index (κ2) is 7.28. The molecular weight excluding hydrogens is 274 g/mol. The minimum Gasteiger partial charge on any atom is -0.350 e. The Labute approximate surface area is 124 Å². The first-order valence-corrected chi connectivity index (χ1v) is 7.48. The van der Waals surface area contributed by atoms with E-state index in [1.54, 1.807) is 18.4 Å². The summed E-state index contributed by atoms with van der Waals surface area (Å²) in [5, 5.41) is 7.64. The van der Waals surface area contributed by atoms with Crippen LogP contribution in [0.5, 0.6) is 0 Å². The normalized spacial score (nSPS) is 11.0. The molecule has 6 heteroatoms. The Balaban J connectivity index is 2.26. The van der Waals surface area contributed by atoms with E-state index >= 15 is 0 Å². The maximum Gasteiger partial charge on any atom is 0.317 e. The maximum absolute atomic E-state index is 11.8. The van der Waals surface area contributed by atoms with Gasteiger partial charge in [-0.3, -0.25) is 4.79 Å². The highest BCUT2D eigenvalue weighted by Crippen LogP contribution is 2.08. The predicted octanol–water partition coefficient (Wildman–Crippen LogP) is 1.85. The molecule has 1 aromatic rings. The number of hydrogen-bond acceptors (Lipinski definition) is 3. The van der Waals surface area contributed by atoms with Gasteiger partial charge in [0.1, 0.15) is 6.54 Å². The topological polar surface area (TPSA) is 61.4 Å². The fourth-order valence-corrected chi connectivity index (χ4v) is 2.34. The lowest BCUT2D eigenvalue weighted by molar-refractivity contribution is -0.122. The van der Waals surface area contributed by atoms with Crippen molar-refractivity contribution in [3.05, 3.63) is 22.4 Å². The number of hydrogen-bond donors (Lipinski definition) is 2. The molecule has 0 aromatic carbocycles. The number of likely N-dealkylation sites (N-methyl/N-ethyl adjacent to an activating group) is 1. The molecule has 0 fully saturated rings. The van der Waals surface area contributed by atoms with Crippen LogP contribution < -0.4 is 10.6 Å². The Morgan fingerprint density at radius 1 is 1.35 bits per heavy atom. The smallest absolute Gasteiger partial charge is 0.317 e. The average molecular weight is 297 g/mol. The van der Waals surface area contributed by atoms with Gasteiger partial charge in [-0.2, -0.15) is 0 Å². The monoisotopic (exact) mass is 297 g/mol. The van der Waals surface area contributed by atoms with Crippen molar-refractivity contribution >= 4 is 23.3 Å². The molecule has 0 bridgehead atoms. The molecule has 20 heavy (non-hydrogen) atoms. The summed E-state index contributed by atoms with van der Waals surface area (Å²) in [7, 11) is 1.61. The molecule has 3 amide bonds. The minimum atomic E-state index is -0.284. The van der Waals surface area contributed by atoms with Gasteiger partial charge in [0, 0.05) is 24.0 Å². The van der Waals surface area contributed by atoms with E-state index in [-0.39, 0.29) is 24.0 Å². The second-order valence-electron chi connectivity index (χ2n) is 5.72. The molecule has 1 rings (SSSR count). The maximum atomic E-state index is 11.8. The van der Waals surface area contributed by atoms with Gasteiger partial charge in [0.05, 0.1) is 0 Å². The molecule has 0 aliphatic rings. The molecule has 1 aromatic heterocycles. The van der Waals surface area contributed by atoms with Gasteiger partial charge in [0.25, 0.3) is 0 Å². The van der Waals surface area contributed by atoms with Gasteiger partial charge in [-0.15, -0.1) is 11.3 Å². The van der Waals surface area contributed by atoms with Gasteiger partial charge >= 0.3 is 6.03 Å². The van der Waals surface area contributed by atoms with E-state index in [4.69, 9.17) is 0 Å². The lowest BCUT2D eigenvalue weighted by Crippen LogP contribution is -2.48. The largest absolute Gasteiger partial charge is 0.350 e. The molecule has 0 aliphatic heterocycles. The lowest BCUT2D eigenvalue weighted by atomic mass is 10.1. The van der Waals surface area contributed by atoms with Gasteiger partial charge in [-0.25, -0.2) is 4.79 Å². The SMILES string of the molecule is CN(CC(=O)NC(C)(C)C)C(=O)NCCc1cccs1. The van der Waals surface area contributed by atoms with E-state index in [1.807, 2.05) is 38.3 Å². The summed E-state index contributed by atoms with van der Waals surface area (Å²) in [5.41, 5.74) is -0.284. The van der Waals surface area contributed by atoms with Crippen molar-refractivity contribution < 1.29 is 9.59 Å². The molecule has 0 atom stereocenters. The Morgan fingerprint density at radius 3 is 2.60 bits per heavy atom. The first kappa shape index (κ1) is 16.5. The number of amides is 3. The van der Waals surface area contributed by atoms with Crippen molar-refractivity contribution in [1.29, 1.82) is 0 Å². The molecule has 1 heterocycles. The number of urea groups is 1. The molecule has 0 aliphatic carbocycles. The summed E-state index contributed by atoms with van der Waals surface area (Å²) in [4.78, 5) is 26.1. The summed E-state index contributed by atoms with van der Waals surface area (Å²) in [6.45, 7) is 6.36. The summed E-state index contributed by atoms with van der Waals surface area (Å²) >= 11 is 1.67. The molecule has 0 saturated carbocycles. The van der Waals surface area contributed by atoms with Crippen LogP contribution in [0, 0.1) is 0 Å². The average Bonchev–Trinajstić information content (AvgIpc) is 2.78. The predicted molar refractivity (Wildman–Crippen MR) is 81.9 cm³/mol. The highest BCUT2D eigenvalue weighted by Gasteiger charge is 2.17. The molecule has 0 radical (unpaired) electrons. The lowest BCUT2D eigenvalue weighted by Gasteiger charge is -2.23. The Hall–Kier alpha value is -1.56. The van der Waals surface area contributed by atoms with Crippen molar-refractivity contribution in [2.24, 2.45) is 0 Å². The minimum absolute atomic E-state index is 0.0576. The van der Waals surface area contributed by atoms with Crippen molar-refractivity contribution in [3.8, 4) is 0 Å². The highest BCUT2D eigenvalue weighted by molar-refractivity contribution is 7.09. The zero-order valence-electron chi connectivity index (χ0n) is 12.5. The quantitative estimate of drug-likeness (QED) is 0.871. The van der Waals surface area contributed by atoms with Crippen molar-refractivity contribution in [2.75, 3.05) is 20.1 Å². The van der Waals surface area contributed by atoms with E-state index in [0.29, 0.717) is 6.54 Å². The number of carbonyl (C=O) groups excluding carboxylic acids is 2. The summed E-state index contributed by atoms with van der Waals surface area (Å²) in [5.74, 6) is -0.159. The standard InChI is InChI=1S/C14H23N3O2S/c1-14(2,3)16-12(18)10-17(4)13(19)15-8-7-11-6-5-9-20-11/h5-6,9H,7-8,10H2,1-4H3,(H,15,19)(H,16,18). The molecule has 0 unspecified atom stereocenters. The highest BCUT2D eigenvalue weighted by atomic mass is 32.1. The summed E-state index contributed by atoms with van der Waals surface area (Å²) < 4.78 is 0. The van der Waals surface area contributed by atoms with E-state index in [0.717, 1.165) is 6.42 Å². The third-order valence-corrected chi connectivity index (χ3v) is 3.41. The van der Waals surface area contributed by atoms with Crippen LogP contribution in [0.15, 0.2) is 17.5 Å². The molecule has 2 N–H and O–H groups in total. The van der Waals surface area contributed by atoms with E-state index in [2.05, 4.69) is 10.6 Å². The number of thiophene rings is 1. The molecule has 112 valence electrons. The zero-order valence-corrected chi connectivity index (χ0v) is 13.3. The van der Waals surface area contributed by atoms with Crippen LogP contribution >= 0.6 is 11.3 Å². The van der Waals surface area contributed by atoms with Gasteiger partial charge in [-0.1, -0.05) is 6.07 Å². The molecular formula is C14H23N3O2S. The van der Waals surface area contributed by atoms with Crippen LogP contribution in [0.3, 0.4) is 0 Å². The molecule has 0 spiro atoms. The third kappa shape index (κ3) is 6.56. The van der Waals surface area contributed by atoms with Gasteiger partial charge in [0.15, 0.2) is 0 Å². The van der Waals surface area contributed by atoms with Gasteiger partial charge in [0.2, 0.25) is 5.91 Å². The third-order valence-electron chi connectivity index (χ3n) is 2.47. The number of nitrogens with zero attached hydrogens (tertiary/aromatic N) is 1. The first-order valence-electron chi connectivity index (χ1n) is 6.60. The molecule has 0 saturated heterocycles. The number of carbonyl (C=O) groups is 2. The second-order valence-corrected chi connectivity index (χ2v) is 6.75. The van der Waals surface area contributed by atoms with E-state index < -0.39 is 0 Å². The van der Waals surface area contributed by atoms with E-state index in [1.165, 1.54) is 9.78 Å². The Kier molecular flexibility index (Phi) is 6.01. The Bertz CT molecular complexity index is 438. The van der Waals surface area contributed by atoms with Crippen LogP contribution in [-0.4, -0.2) is 42.5 Å². The zero-order chi connectivity index (χ0) is 15.2. The van der Waals surface area contributed by atoms with Crippen molar-refractivity contribution in [3.63, 3.8) is 0 Å². The van der Waals surface area contributed by atoms with Crippen LogP contribution in [0.25, 0.3) is 0 Å². The first-order chi connectivity index (χ1) is 9.28. The van der Waals surface area contributed by atoms with Crippen LogP contribution in [0.2, 0.25) is 0 Å².